The fraction of sp³-hybridized carbons (Fsp3) is 0.462. The Hall–Kier alpha value is -1.55. The van der Waals surface area contributed by atoms with E-state index < -0.39 is 0 Å². The number of carbonyl (C=O) groups is 1. The molecular weight excluding hydrogens is 218 g/mol. The molecule has 1 rings (SSSR count). The van der Waals surface area contributed by atoms with Gasteiger partial charge in [0.15, 0.2) is 0 Å². The van der Waals surface area contributed by atoms with Crippen LogP contribution in [0.4, 0.5) is 0 Å². The Kier molecular flexibility index (Phi) is 5.49. The van der Waals surface area contributed by atoms with Crippen molar-refractivity contribution in [3.63, 3.8) is 0 Å². The van der Waals surface area contributed by atoms with Crippen LogP contribution in [0.1, 0.15) is 24.9 Å². The number of nitrogens with one attached hydrogen (secondary N) is 1. The van der Waals surface area contributed by atoms with Gasteiger partial charge in [-0.3, -0.25) is 4.79 Å². The van der Waals surface area contributed by atoms with Crippen LogP contribution < -0.4 is 5.32 Å². The summed E-state index contributed by atoms with van der Waals surface area (Å²) in [7, 11) is 0. The van der Waals surface area contributed by atoms with Crippen molar-refractivity contribution < 1.29 is 14.3 Å². The summed E-state index contributed by atoms with van der Waals surface area (Å²) in [6.45, 7) is 4.56. The third kappa shape index (κ3) is 5.36. The van der Waals surface area contributed by atoms with Gasteiger partial charge in [-0.2, -0.15) is 0 Å². The van der Waals surface area contributed by atoms with Gasteiger partial charge in [0.1, 0.15) is 11.5 Å². The number of aliphatic hydroxyl groups excluding tert-OH is 1. The van der Waals surface area contributed by atoms with Crippen molar-refractivity contribution in [1.29, 1.82) is 0 Å². The summed E-state index contributed by atoms with van der Waals surface area (Å²) in [5, 5.41) is 11.5. The van der Waals surface area contributed by atoms with Gasteiger partial charge in [-0.1, -0.05) is 6.92 Å². The van der Waals surface area contributed by atoms with E-state index in [9.17, 15) is 4.79 Å². The molecule has 4 nitrogen and oxygen atoms in total. The van der Waals surface area contributed by atoms with Crippen molar-refractivity contribution in [3.8, 4) is 0 Å². The lowest BCUT2D eigenvalue weighted by molar-refractivity contribution is -0.116. The molecule has 17 heavy (non-hydrogen) atoms. The second-order valence-corrected chi connectivity index (χ2v) is 4.14. The first-order chi connectivity index (χ1) is 8.11. The number of aliphatic hydroxyl groups is 1. The molecule has 0 radical (unpaired) electrons. The number of hydrogen-bond acceptors (Lipinski definition) is 3. The number of amides is 1. The molecule has 0 fully saturated rings. The minimum atomic E-state index is -0.149. The molecule has 1 heterocycles. The normalized spacial score (nSPS) is 12.9. The number of furan rings is 1. The smallest absolute Gasteiger partial charge is 0.244 e. The van der Waals surface area contributed by atoms with Gasteiger partial charge in [-0.05, 0) is 37.5 Å². The van der Waals surface area contributed by atoms with Crippen LogP contribution in [0.3, 0.4) is 0 Å². The summed E-state index contributed by atoms with van der Waals surface area (Å²) in [4.78, 5) is 11.4. The van der Waals surface area contributed by atoms with Gasteiger partial charge < -0.3 is 14.8 Å². The molecule has 1 atom stereocenters. The zero-order chi connectivity index (χ0) is 12.7. The molecule has 0 saturated carbocycles. The largest absolute Gasteiger partial charge is 0.462 e. The van der Waals surface area contributed by atoms with Crippen molar-refractivity contribution in [2.75, 3.05) is 13.2 Å². The lowest BCUT2D eigenvalue weighted by atomic mass is 10.1. The molecule has 0 saturated heterocycles. The Bertz CT molecular complexity index is 382. The van der Waals surface area contributed by atoms with E-state index in [2.05, 4.69) is 5.32 Å². The fourth-order valence-corrected chi connectivity index (χ4v) is 1.36. The summed E-state index contributed by atoms with van der Waals surface area (Å²) >= 11 is 0. The zero-order valence-electron chi connectivity index (χ0n) is 10.3. The zero-order valence-corrected chi connectivity index (χ0v) is 10.3. The van der Waals surface area contributed by atoms with E-state index in [-0.39, 0.29) is 18.4 Å². The maximum atomic E-state index is 11.4. The Morgan fingerprint density at radius 2 is 2.35 bits per heavy atom. The van der Waals surface area contributed by atoms with Crippen molar-refractivity contribution in [1.82, 2.24) is 5.32 Å². The van der Waals surface area contributed by atoms with Gasteiger partial charge in [0.2, 0.25) is 5.91 Å². The molecule has 0 aliphatic rings. The van der Waals surface area contributed by atoms with E-state index in [0.29, 0.717) is 18.7 Å². The van der Waals surface area contributed by atoms with Crippen molar-refractivity contribution in [3.05, 3.63) is 29.7 Å². The minimum absolute atomic E-state index is 0.149. The van der Waals surface area contributed by atoms with Crippen molar-refractivity contribution >= 4 is 12.0 Å². The molecule has 1 aromatic heterocycles. The van der Waals surface area contributed by atoms with Gasteiger partial charge in [0.25, 0.3) is 0 Å². The second kappa shape index (κ2) is 6.91. The summed E-state index contributed by atoms with van der Waals surface area (Å²) in [5.74, 6) is 1.62. The Morgan fingerprint density at radius 1 is 1.59 bits per heavy atom. The lowest BCUT2D eigenvalue weighted by Gasteiger charge is -2.09. The van der Waals surface area contributed by atoms with Crippen LogP contribution in [0, 0.1) is 12.8 Å². The molecular formula is C13H19NO3. The highest BCUT2D eigenvalue weighted by Crippen LogP contribution is 2.07. The SMILES string of the molecule is Cc1ccc(/C=C/C(=O)NCC(C)CCO)o1. The standard InChI is InChI=1S/C13H19NO3/c1-10(7-8-15)9-14-13(16)6-5-12-4-3-11(2)17-12/h3-6,10,15H,7-9H2,1-2H3,(H,14,16)/b6-5+. The Labute approximate surface area is 101 Å². The molecule has 1 aromatic rings. The predicted octanol–water partition coefficient (Wildman–Crippen LogP) is 1.74. The first-order valence-electron chi connectivity index (χ1n) is 5.75. The maximum Gasteiger partial charge on any atom is 0.244 e. The molecule has 0 aliphatic carbocycles. The maximum absolute atomic E-state index is 11.4. The minimum Gasteiger partial charge on any atom is -0.462 e. The number of aryl methyl sites for hydroxylation is 1. The fourth-order valence-electron chi connectivity index (χ4n) is 1.36. The van der Waals surface area contributed by atoms with Gasteiger partial charge >= 0.3 is 0 Å². The predicted molar refractivity (Wildman–Crippen MR) is 66.4 cm³/mol. The highest BCUT2D eigenvalue weighted by Gasteiger charge is 2.02. The van der Waals surface area contributed by atoms with Crippen LogP contribution in [-0.4, -0.2) is 24.2 Å². The number of carbonyl (C=O) groups excluding carboxylic acids is 1. The van der Waals surface area contributed by atoms with Gasteiger partial charge in [-0.25, -0.2) is 0 Å². The monoisotopic (exact) mass is 237 g/mol. The molecule has 0 spiro atoms. The van der Waals surface area contributed by atoms with E-state index in [0.717, 1.165) is 5.76 Å². The lowest BCUT2D eigenvalue weighted by Crippen LogP contribution is -2.26. The molecule has 0 aromatic carbocycles. The second-order valence-electron chi connectivity index (χ2n) is 4.14. The molecule has 4 heteroatoms. The van der Waals surface area contributed by atoms with Crippen LogP contribution in [0.2, 0.25) is 0 Å². The summed E-state index contributed by atoms with van der Waals surface area (Å²) in [6, 6.07) is 3.66. The highest BCUT2D eigenvalue weighted by atomic mass is 16.3. The third-order valence-electron chi connectivity index (χ3n) is 2.41. The average Bonchev–Trinajstić information content (AvgIpc) is 2.70. The first-order valence-corrected chi connectivity index (χ1v) is 5.75. The van der Waals surface area contributed by atoms with Gasteiger partial charge in [0.05, 0.1) is 0 Å². The van der Waals surface area contributed by atoms with Crippen LogP contribution in [0.25, 0.3) is 6.08 Å². The van der Waals surface area contributed by atoms with Gasteiger partial charge in [0, 0.05) is 19.2 Å². The molecule has 0 aliphatic heterocycles. The van der Waals surface area contributed by atoms with E-state index >= 15 is 0 Å². The Morgan fingerprint density at radius 3 is 2.94 bits per heavy atom. The summed E-state index contributed by atoms with van der Waals surface area (Å²) < 4.78 is 5.30. The van der Waals surface area contributed by atoms with E-state index in [1.807, 2.05) is 26.0 Å². The molecule has 0 bridgehead atoms. The van der Waals surface area contributed by atoms with Crippen LogP contribution in [-0.2, 0) is 4.79 Å². The van der Waals surface area contributed by atoms with Crippen molar-refractivity contribution in [2.45, 2.75) is 20.3 Å². The highest BCUT2D eigenvalue weighted by molar-refractivity contribution is 5.91. The molecule has 1 unspecified atom stereocenters. The van der Waals surface area contributed by atoms with E-state index in [1.54, 1.807) is 6.08 Å². The summed E-state index contributed by atoms with van der Waals surface area (Å²) in [6.07, 6.45) is 3.78. The van der Waals surface area contributed by atoms with Crippen LogP contribution >= 0.6 is 0 Å². The molecule has 94 valence electrons. The number of hydrogen-bond donors (Lipinski definition) is 2. The summed E-state index contributed by atoms with van der Waals surface area (Å²) in [5.41, 5.74) is 0. The molecule has 1 amide bonds. The first kappa shape index (κ1) is 13.5. The van der Waals surface area contributed by atoms with Crippen LogP contribution in [0.5, 0.6) is 0 Å². The Balaban J connectivity index is 2.32. The average molecular weight is 237 g/mol. The van der Waals surface area contributed by atoms with Crippen molar-refractivity contribution in [2.24, 2.45) is 5.92 Å². The van der Waals surface area contributed by atoms with E-state index in [4.69, 9.17) is 9.52 Å². The quantitative estimate of drug-likeness (QED) is 0.741. The van der Waals surface area contributed by atoms with Crippen LogP contribution in [0.15, 0.2) is 22.6 Å². The van der Waals surface area contributed by atoms with Gasteiger partial charge in [-0.15, -0.1) is 0 Å². The third-order valence-corrected chi connectivity index (χ3v) is 2.41. The number of rotatable bonds is 6. The van der Waals surface area contributed by atoms with E-state index in [1.165, 1.54) is 6.08 Å². The topological polar surface area (TPSA) is 62.5 Å². The molecule has 2 N–H and O–H groups in total.